The largest absolute Gasteiger partial charge is 0.462 e. The van der Waals surface area contributed by atoms with Crippen LogP contribution in [0.25, 0.3) is 0 Å². The predicted molar refractivity (Wildman–Crippen MR) is 252 cm³/mol. The van der Waals surface area contributed by atoms with Crippen LogP contribution in [0.2, 0.25) is 0 Å². The molecule has 0 heterocycles. The highest BCUT2D eigenvalue weighted by molar-refractivity contribution is 5.71. The second kappa shape index (κ2) is 47.5. The Balaban J connectivity index is 4.01. The number of ether oxygens (including phenoxy) is 3. The summed E-state index contributed by atoms with van der Waals surface area (Å²) in [6.07, 6.45) is 49.9. The Bertz CT molecular complexity index is 887. The van der Waals surface area contributed by atoms with Gasteiger partial charge in [0.1, 0.15) is 13.2 Å². The third-order valence-corrected chi connectivity index (χ3v) is 12.0. The minimum Gasteiger partial charge on any atom is -0.462 e. The molecule has 0 amide bonds. The first-order valence-corrected chi connectivity index (χ1v) is 26.4. The van der Waals surface area contributed by atoms with E-state index in [4.69, 9.17) is 14.2 Å². The van der Waals surface area contributed by atoms with Gasteiger partial charge in [0.15, 0.2) is 6.10 Å². The number of rotatable bonds is 48. The van der Waals surface area contributed by atoms with E-state index in [1.165, 1.54) is 186 Å². The van der Waals surface area contributed by atoms with Gasteiger partial charge in [0.25, 0.3) is 0 Å². The van der Waals surface area contributed by atoms with Crippen molar-refractivity contribution in [2.75, 3.05) is 13.2 Å². The zero-order chi connectivity index (χ0) is 43.1. The Morgan fingerprint density at radius 3 is 0.831 bits per heavy atom. The van der Waals surface area contributed by atoms with E-state index in [1.807, 2.05) is 0 Å². The van der Waals surface area contributed by atoms with E-state index in [2.05, 4.69) is 27.7 Å². The van der Waals surface area contributed by atoms with Gasteiger partial charge in [-0.2, -0.15) is 0 Å². The van der Waals surface area contributed by atoms with Crippen LogP contribution >= 0.6 is 0 Å². The fourth-order valence-corrected chi connectivity index (χ4v) is 8.04. The van der Waals surface area contributed by atoms with Crippen LogP contribution in [0, 0.1) is 5.92 Å². The van der Waals surface area contributed by atoms with Crippen molar-refractivity contribution in [1.82, 2.24) is 0 Å². The maximum Gasteiger partial charge on any atom is 0.306 e. The molecule has 0 saturated heterocycles. The summed E-state index contributed by atoms with van der Waals surface area (Å²) < 4.78 is 16.7. The molecule has 0 fully saturated rings. The molecule has 6 nitrogen and oxygen atoms in total. The highest BCUT2D eigenvalue weighted by atomic mass is 16.6. The van der Waals surface area contributed by atoms with Crippen LogP contribution in [0.1, 0.15) is 297 Å². The van der Waals surface area contributed by atoms with Crippen LogP contribution < -0.4 is 0 Å². The minimum absolute atomic E-state index is 0.0642. The highest BCUT2D eigenvalue weighted by Crippen LogP contribution is 2.17. The lowest BCUT2D eigenvalue weighted by atomic mass is 10.0. The first-order chi connectivity index (χ1) is 28.9. The van der Waals surface area contributed by atoms with Crippen molar-refractivity contribution >= 4 is 17.9 Å². The van der Waals surface area contributed by atoms with Gasteiger partial charge in [0.2, 0.25) is 0 Å². The minimum atomic E-state index is -0.758. The molecule has 0 spiro atoms. The molecule has 6 heteroatoms. The first-order valence-electron chi connectivity index (χ1n) is 26.4. The summed E-state index contributed by atoms with van der Waals surface area (Å²) in [5.41, 5.74) is 0. The monoisotopic (exact) mass is 835 g/mol. The van der Waals surface area contributed by atoms with E-state index in [1.54, 1.807) is 0 Å². The van der Waals surface area contributed by atoms with Crippen LogP contribution in [0.15, 0.2) is 0 Å². The quantitative estimate of drug-likeness (QED) is 0.0345. The number of hydrogen-bond donors (Lipinski definition) is 0. The molecule has 350 valence electrons. The number of hydrogen-bond acceptors (Lipinski definition) is 6. The molecule has 0 rings (SSSR count). The lowest BCUT2D eigenvalue weighted by Crippen LogP contribution is -2.30. The fraction of sp³-hybridized carbons (Fsp3) is 0.943. The third-order valence-electron chi connectivity index (χ3n) is 12.0. The van der Waals surface area contributed by atoms with Crippen molar-refractivity contribution < 1.29 is 28.6 Å². The molecule has 0 unspecified atom stereocenters. The summed E-state index contributed by atoms with van der Waals surface area (Å²) in [4.78, 5) is 37.6. The molecule has 0 aliphatic heterocycles. The molecule has 0 aliphatic carbocycles. The van der Waals surface area contributed by atoms with E-state index in [-0.39, 0.29) is 31.1 Å². The Morgan fingerprint density at radius 2 is 0.559 bits per heavy atom. The van der Waals surface area contributed by atoms with E-state index in [0.717, 1.165) is 70.1 Å². The molecule has 0 aromatic heterocycles. The van der Waals surface area contributed by atoms with E-state index in [0.29, 0.717) is 19.3 Å². The molecule has 0 aromatic rings. The van der Waals surface area contributed by atoms with Gasteiger partial charge in [-0.3, -0.25) is 14.4 Å². The fourth-order valence-electron chi connectivity index (χ4n) is 8.04. The summed E-state index contributed by atoms with van der Waals surface area (Å²) in [6.45, 7) is 8.97. The average molecular weight is 835 g/mol. The number of esters is 3. The molecule has 0 N–H and O–H groups in total. The number of unbranched alkanes of at least 4 members (excludes halogenated alkanes) is 35. The zero-order valence-electron chi connectivity index (χ0n) is 40.2. The molecular weight excluding hydrogens is 733 g/mol. The smallest absolute Gasteiger partial charge is 0.306 e. The third kappa shape index (κ3) is 47.3. The van der Waals surface area contributed by atoms with Gasteiger partial charge in [0.05, 0.1) is 0 Å². The molecule has 0 saturated carbocycles. The van der Waals surface area contributed by atoms with Crippen molar-refractivity contribution in [1.29, 1.82) is 0 Å². The summed E-state index contributed by atoms with van der Waals surface area (Å²) in [7, 11) is 0. The lowest BCUT2D eigenvalue weighted by Gasteiger charge is -2.18. The van der Waals surface area contributed by atoms with E-state index >= 15 is 0 Å². The van der Waals surface area contributed by atoms with Crippen molar-refractivity contribution in [3.05, 3.63) is 0 Å². The molecule has 0 aromatic carbocycles. The second-order valence-corrected chi connectivity index (χ2v) is 18.6. The summed E-state index contributed by atoms with van der Waals surface area (Å²) in [6, 6.07) is 0. The highest BCUT2D eigenvalue weighted by Gasteiger charge is 2.19. The van der Waals surface area contributed by atoms with Crippen LogP contribution in [0.3, 0.4) is 0 Å². The lowest BCUT2D eigenvalue weighted by molar-refractivity contribution is -0.167. The van der Waals surface area contributed by atoms with E-state index in [9.17, 15) is 14.4 Å². The summed E-state index contributed by atoms with van der Waals surface area (Å²) >= 11 is 0. The number of carbonyl (C=O) groups excluding carboxylic acids is 3. The molecule has 0 radical (unpaired) electrons. The molecule has 0 aliphatic rings. The van der Waals surface area contributed by atoms with Gasteiger partial charge < -0.3 is 14.2 Å². The zero-order valence-corrected chi connectivity index (χ0v) is 40.2. The molecule has 0 bridgehead atoms. The van der Waals surface area contributed by atoms with Gasteiger partial charge >= 0.3 is 17.9 Å². The predicted octanol–water partition coefficient (Wildman–Crippen LogP) is 17.1. The Morgan fingerprint density at radius 1 is 0.322 bits per heavy atom. The Hall–Kier alpha value is -1.59. The van der Waals surface area contributed by atoms with Gasteiger partial charge in [-0.25, -0.2) is 0 Å². The summed E-state index contributed by atoms with van der Waals surface area (Å²) in [5, 5.41) is 0. The van der Waals surface area contributed by atoms with Gasteiger partial charge in [-0.05, 0) is 25.2 Å². The van der Waals surface area contributed by atoms with Gasteiger partial charge in [-0.1, -0.05) is 259 Å². The SMILES string of the molecule is CCCCCCCCCCCCCCCCCC(=O)OC[C@H](COC(=O)CCCCCCCCCCCCCCCCCCCCC(C)C)OC(=O)CCCCCCC. The van der Waals surface area contributed by atoms with Crippen LogP contribution in [-0.2, 0) is 28.6 Å². The maximum atomic E-state index is 12.6. The van der Waals surface area contributed by atoms with Crippen molar-refractivity contribution in [2.45, 2.75) is 303 Å². The molecule has 59 heavy (non-hydrogen) atoms. The standard InChI is InChI=1S/C53H102O6/c1-5-7-9-11-12-13-14-15-20-24-27-30-33-37-40-44-51(54)57-47-50(59-53(56)46-42-35-10-8-6-2)48-58-52(55)45-41-38-34-31-28-25-22-19-17-16-18-21-23-26-29-32-36-39-43-49(3)4/h49-50H,5-48H2,1-4H3/t50-/m1/s1. The van der Waals surface area contributed by atoms with Crippen molar-refractivity contribution in [2.24, 2.45) is 5.92 Å². The van der Waals surface area contributed by atoms with Crippen LogP contribution in [0.5, 0.6) is 0 Å². The van der Waals surface area contributed by atoms with Crippen LogP contribution in [0.4, 0.5) is 0 Å². The van der Waals surface area contributed by atoms with Crippen LogP contribution in [-0.4, -0.2) is 37.2 Å². The Kier molecular flexibility index (Phi) is 46.2. The van der Waals surface area contributed by atoms with E-state index < -0.39 is 6.10 Å². The maximum absolute atomic E-state index is 12.6. The second-order valence-electron chi connectivity index (χ2n) is 18.6. The van der Waals surface area contributed by atoms with Gasteiger partial charge in [0, 0.05) is 19.3 Å². The normalized spacial score (nSPS) is 11.9. The number of carbonyl (C=O) groups is 3. The average Bonchev–Trinajstić information content (AvgIpc) is 3.22. The van der Waals surface area contributed by atoms with Crippen molar-refractivity contribution in [3.63, 3.8) is 0 Å². The summed E-state index contributed by atoms with van der Waals surface area (Å²) in [5.74, 6) is 0.000319. The van der Waals surface area contributed by atoms with Crippen molar-refractivity contribution in [3.8, 4) is 0 Å². The molecule has 1 atom stereocenters. The first kappa shape index (κ1) is 57.4. The topological polar surface area (TPSA) is 78.9 Å². The Labute approximate surface area is 368 Å². The molecular formula is C53H102O6. The van der Waals surface area contributed by atoms with Gasteiger partial charge in [-0.15, -0.1) is 0 Å².